The lowest BCUT2D eigenvalue weighted by Crippen LogP contribution is -2.39. The highest BCUT2D eigenvalue weighted by molar-refractivity contribution is 6.33. The minimum absolute atomic E-state index is 0.0198. The van der Waals surface area contributed by atoms with Crippen LogP contribution in [0.3, 0.4) is 0 Å². The van der Waals surface area contributed by atoms with Crippen molar-refractivity contribution in [2.24, 2.45) is 0 Å². The predicted octanol–water partition coefficient (Wildman–Crippen LogP) is 5.68. The number of hydrogen-bond donors (Lipinski definition) is 0. The molecule has 35 heavy (non-hydrogen) atoms. The van der Waals surface area contributed by atoms with Crippen molar-refractivity contribution in [2.75, 3.05) is 19.7 Å². The van der Waals surface area contributed by atoms with Gasteiger partial charge in [-0.15, -0.1) is 0 Å². The number of benzene rings is 2. The fourth-order valence-electron chi connectivity index (χ4n) is 4.89. The molecule has 0 fully saturated rings. The summed E-state index contributed by atoms with van der Waals surface area (Å²) in [4.78, 5) is 27.5. The van der Waals surface area contributed by atoms with Crippen LogP contribution in [0.25, 0.3) is 5.57 Å². The molecule has 0 bridgehead atoms. The Morgan fingerprint density at radius 1 is 1.14 bits per heavy atom. The molecule has 0 heterocycles. The minimum atomic E-state index is -0.550. The molecule has 0 N–H and O–H groups in total. The second-order valence-electron chi connectivity index (χ2n) is 10.6. The van der Waals surface area contributed by atoms with Crippen molar-refractivity contribution < 1.29 is 19.1 Å². The predicted molar refractivity (Wildman–Crippen MR) is 135 cm³/mol. The summed E-state index contributed by atoms with van der Waals surface area (Å²) < 4.78 is 11.5. The van der Waals surface area contributed by atoms with E-state index in [1.165, 1.54) is 0 Å². The first-order chi connectivity index (χ1) is 16.5. The van der Waals surface area contributed by atoms with Crippen LogP contribution in [-0.2, 0) is 16.6 Å². The number of allylic oxidation sites excluding steroid dienone is 2. The Morgan fingerprint density at radius 3 is 2.51 bits per heavy atom. The molecular weight excluding hydrogens is 440 g/mol. The van der Waals surface area contributed by atoms with Crippen molar-refractivity contribution in [2.45, 2.75) is 59.0 Å². The van der Waals surface area contributed by atoms with Crippen molar-refractivity contribution in [3.63, 3.8) is 0 Å². The molecule has 0 atom stereocenters. The molecule has 2 aliphatic rings. The summed E-state index contributed by atoms with van der Waals surface area (Å²) in [5, 5.41) is 9.28. The van der Waals surface area contributed by atoms with E-state index in [2.05, 4.69) is 19.9 Å². The second-order valence-corrected chi connectivity index (χ2v) is 10.6. The number of carbonyl (C=O) groups is 2. The Bertz CT molecular complexity index is 1270. The standard InChI is InChI=1S/C29H32N2O4/c1-7-31(27(33)35-28(2,3)4)12-13-34-20-9-11-22-23(16-20)29(5,6)24-15-19-14-18(17-30)8-10-21(19)25(24)26(22)32/h8-11,14,16H,7,12-13,15H2,1-6H3. The molecule has 4 rings (SSSR count). The zero-order chi connectivity index (χ0) is 25.5. The molecular formula is C29H32N2O4. The van der Waals surface area contributed by atoms with Gasteiger partial charge in [0.2, 0.25) is 0 Å². The highest BCUT2D eigenvalue weighted by Gasteiger charge is 2.43. The molecule has 0 saturated heterocycles. The van der Waals surface area contributed by atoms with Crippen LogP contribution in [0.15, 0.2) is 42.0 Å². The number of Topliss-reactive ketones (excluding diaryl/α,β-unsaturated/α-hetero) is 1. The summed E-state index contributed by atoms with van der Waals surface area (Å²) in [6.45, 7) is 12.9. The van der Waals surface area contributed by atoms with Gasteiger partial charge in [-0.25, -0.2) is 4.79 Å². The number of ketones is 1. The normalized spacial score (nSPS) is 15.6. The van der Waals surface area contributed by atoms with Crippen molar-refractivity contribution in [3.05, 3.63) is 69.8 Å². The molecule has 0 spiro atoms. The van der Waals surface area contributed by atoms with Crippen LogP contribution in [0.1, 0.15) is 74.2 Å². The molecule has 2 aliphatic carbocycles. The summed E-state index contributed by atoms with van der Waals surface area (Å²) in [6, 6.07) is 13.4. The number of nitrogens with zero attached hydrogens (tertiary/aromatic N) is 2. The summed E-state index contributed by atoms with van der Waals surface area (Å²) in [6.07, 6.45) is 0.297. The zero-order valence-electron chi connectivity index (χ0n) is 21.3. The highest BCUT2D eigenvalue weighted by Crippen LogP contribution is 2.50. The van der Waals surface area contributed by atoms with Crippen molar-refractivity contribution in [1.82, 2.24) is 4.90 Å². The number of amides is 1. The molecule has 6 nitrogen and oxygen atoms in total. The quantitative estimate of drug-likeness (QED) is 0.559. The fourth-order valence-corrected chi connectivity index (χ4v) is 4.89. The smallest absolute Gasteiger partial charge is 0.410 e. The lowest BCUT2D eigenvalue weighted by atomic mass is 9.68. The third kappa shape index (κ3) is 4.55. The number of nitriles is 1. The van der Waals surface area contributed by atoms with Gasteiger partial charge in [0.1, 0.15) is 18.0 Å². The average Bonchev–Trinajstić information content (AvgIpc) is 3.19. The van der Waals surface area contributed by atoms with E-state index >= 15 is 0 Å². The average molecular weight is 473 g/mol. The molecule has 182 valence electrons. The van der Waals surface area contributed by atoms with Crippen molar-refractivity contribution in [1.29, 1.82) is 5.26 Å². The third-order valence-electron chi connectivity index (χ3n) is 6.73. The van der Waals surface area contributed by atoms with Crippen molar-refractivity contribution >= 4 is 17.4 Å². The number of hydrogen-bond acceptors (Lipinski definition) is 5. The maximum atomic E-state index is 13.5. The maximum Gasteiger partial charge on any atom is 0.410 e. The fraction of sp³-hybridized carbons (Fsp3) is 0.414. The summed E-state index contributed by atoms with van der Waals surface area (Å²) in [5.41, 5.74) is 5.13. The van der Waals surface area contributed by atoms with Gasteiger partial charge in [-0.3, -0.25) is 4.79 Å². The van der Waals surface area contributed by atoms with E-state index in [-0.39, 0.29) is 17.3 Å². The van der Waals surface area contributed by atoms with Gasteiger partial charge in [0, 0.05) is 23.1 Å². The van der Waals surface area contributed by atoms with Gasteiger partial charge in [0.05, 0.1) is 18.2 Å². The molecule has 2 aromatic rings. The van der Waals surface area contributed by atoms with E-state index < -0.39 is 5.60 Å². The molecule has 0 aromatic heterocycles. The van der Waals surface area contributed by atoms with Crippen LogP contribution in [0, 0.1) is 11.3 Å². The first-order valence-corrected chi connectivity index (χ1v) is 12.0. The lowest BCUT2D eigenvalue weighted by Gasteiger charge is -2.34. The third-order valence-corrected chi connectivity index (χ3v) is 6.73. The van der Waals surface area contributed by atoms with Gasteiger partial charge in [0.25, 0.3) is 0 Å². The van der Waals surface area contributed by atoms with Crippen LogP contribution in [0.2, 0.25) is 0 Å². The summed E-state index contributed by atoms with van der Waals surface area (Å²) >= 11 is 0. The Labute approximate surface area is 207 Å². The minimum Gasteiger partial charge on any atom is -0.492 e. The Kier molecular flexibility index (Phi) is 6.23. The molecule has 6 heteroatoms. The van der Waals surface area contributed by atoms with Gasteiger partial charge in [-0.2, -0.15) is 5.26 Å². The molecule has 0 unspecified atom stereocenters. The van der Waals surface area contributed by atoms with E-state index in [1.807, 2.05) is 58.0 Å². The zero-order valence-corrected chi connectivity index (χ0v) is 21.3. The molecule has 0 radical (unpaired) electrons. The first-order valence-electron chi connectivity index (χ1n) is 12.0. The van der Waals surface area contributed by atoms with Crippen LogP contribution < -0.4 is 4.74 Å². The van der Waals surface area contributed by atoms with E-state index in [9.17, 15) is 14.9 Å². The summed E-state index contributed by atoms with van der Waals surface area (Å²) in [7, 11) is 0. The molecule has 0 saturated carbocycles. The maximum absolute atomic E-state index is 13.5. The topological polar surface area (TPSA) is 79.6 Å². The molecule has 2 aromatic carbocycles. The molecule has 0 aliphatic heterocycles. The van der Waals surface area contributed by atoms with Crippen LogP contribution in [0.4, 0.5) is 4.79 Å². The van der Waals surface area contributed by atoms with E-state index in [4.69, 9.17) is 9.47 Å². The second kappa shape index (κ2) is 8.88. The van der Waals surface area contributed by atoms with Crippen LogP contribution in [-0.4, -0.2) is 42.1 Å². The van der Waals surface area contributed by atoms with Gasteiger partial charge < -0.3 is 14.4 Å². The number of rotatable bonds is 5. The van der Waals surface area contributed by atoms with Crippen LogP contribution >= 0.6 is 0 Å². The Balaban J connectivity index is 1.53. The van der Waals surface area contributed by atoms with E-state index in [0.29, 0.717) is 43.0 Å². The van der Waals surface area contributed by atoms with E-state index in [0.717, 1.165) is 27.8 Å². The monoisotopic (exact) mass is 472 g/mol. The highest BCUT2D eigenvalue weighted by atomic mass is 16.6. The lowest BCUT2D eigenvalue weighted by molar-refractivity contribution is 0.0237. The van der Waals surface area contributed by atoms with Gasteiger partial charge in [-0.1, -0.05) is 19.9 Å². The Morgan fingerprint density at radius 2 is 1.86 bits per heavy atom. The molecule has 1 amide bonds. The Hall–Kier alpha value is -3.59. The number of ether oxygens (including phenoxy) is 2. The van der Waals surface area contributed by atoms with Gasteiger partial charge >= 0.3 is 6.09 Å². The number of likely N-dealkylation sites (N-methyl/N-ethyl adjacent to an activating group) is 1. The van der Waals surface area contributed by atoms with Gasteiger partial charge in [0.15, 0.2) is 5.78 Å². The van der Waals surface area contributed by atoms with Crippen molar-refractivity contribution in [3.8, 4) is 11.8 Å². The largest absolute Gasteiger partial charge is 0.492 e. The summed E-state index contributed by atoms with van der Waals surface area (Å²) in [5.74, 6) is 0.683. The first kappa shape index (κ1) is 24.5. The van der Waals surface area contributed by atoms with E-state index in [1.54, 1.807) is 11.0 Å². The van der Waals surface area contributed by atoms with Crippen LogP contribution in [0.5, 0.6) is 5.75 Å². The van der Waals surface area contributed by atoms with Gasteiger partial charge in [-0.05, 0) is 86.7 Å². The SMILES string of the molecule is CCN(CCOc1ccc2c(c1)C(C)(C)C1=C(C2=O)c2ccc(C#N)cc2C1)C(=O)OC(C)(C)C. The number of fused-ring (bicyclic) bond motifs is 3. The number of carbonyl (C=O) groups excluding carboxylic acids is 2.